The summed E-state index contributed by atoms with van der Waals surface area (Å²) in [6, 6.07) is 4.24. The highest BCUT2D eigenvalue weighted by Gasteiger charge is 2.26. The summed E-state index contributed by atoms with van der Waals surface area (Å²) in [4.78, 5) is 14.3. The zero-order valence-electron chi connectivity index (χ0n) is 13.4. The zero-order valence-corrected chi connectivity index (χ0v) is 14.2. The number of likely N-dealkylation sites (tertiary alicyclic amines) is 1. The van der Waals surface area contributed by atoms with Crippen LogP contribution in [0.1, 0.15) is 37.3 Å². The van der Waals surface area contributed by atoms with E-state index in [-0.39, 0.29) is 10.8 Å². The molecule has 0 saturated carbocycles. The number of aryl methyl sites for hydroxylation is 2. The van der Waals surface area contributed by atoms with Crippen LogP contribution in [0.25, 0.3) is 0 Å². The Morgan fingerprint density at radius 1 is 1.14 bits per heavy atom. The molecule has 6 heteroatoms. The minimum atomic E-state index is -3.68. The van der Waals surface area contributed by atoms with Crippen LogP contribution in [-0.2, 0) is 14.8 Å². The molecule has 122 valence electrons. The van der Waals surface area contributed by atoms with Crippen molar-refractivity contribution in [1.82, 2.24) is 9.62 Å². The maximum Gasteiger partial charge on any atom is 0.241 e. The minimum Gasteiger partial charge on any atom is -0.341 e. The first kappa shape index (κ1) is 17.0. The summed E-state index contributed by atoms with van der Waals surface area (Å²) in [6.45, 7) is 6.84. The van der Waals surface area contributed by atoms with Gasteiger partial charge in [-0.1, -0.05) is 6.07 Å². The first-order valence-corrected chi connectivity index (χ1v) is 9.18. The lowest BCUT2D eigenvalue weighted by Gasteiger charge is -2.29. The van der Waals surface area contributed by atoms with Gasteiger partial charge in [0.2, 0.25) is 15.9 Å². The molecule has 1 atom stereocenters. The van der Waals surface area contributed by atoms with E-state index in [0.29, 0.717) is 13.1 Å². The van der Waals surface area contributed by atoms with Crippen molar-refractivity contribution in [3.8, 4) is 0 Å². The summed E-state index contributed by atoms with van der Waals surface area (Å²) in [5.74, 6) is -0.146. The monoisotopic (exact) mass is 324 g/mol. The van der Waals surface area contributed by atoms with Crippen LogP contribution < -0.4 is 4.72 Å². The number of benzene rings is 1. The molecule has 22 heavy (non-hydrogen) atoms. The summed E-state index contributed by atoms with van der Waals surface area (Å²) in [6.07, 6.45) is 3.11. The van der Waals surface area contributed by atoms with Gasteiger partial charge in [0.25, 0.3) is 0 Å². The molecule has 1 fully saturated rings. The van der Waals surface area contributed by atoms with E-state index in [9.17, 15) is 13.2 Å². The van der Waals surface area contributed by atoms with Gasteiger partial charge in [-0.15, -0.1) is 0 Å². The highest BCUT2D eigenvalue weighted by molar-refractivity contribution is 7.89. The quantitative estimate of drug-likeness (QED) is 0.921. The smallest absolute Gasteiger partial charge is 0.241 e. The molecule has 0 radical (unpaired) electrons. The van der Waals surface area contributed by atoms with Crippen LogP contribution in [-0.4, -0.2) is 38.4 Å². The molecule has 0 bridgehead atoms. The molecular formula is C16H24N2O3S. The SMILES string of the molecule is Cc1ccc(S(=O)(=O)N[C@@H](C)C(=O)N2CCCCC2)cc1C. The first-order chi connectivity index (χ1) is 10.3. The summed E-state index contributed by atoms with van der Waals surface area (Å²) in [7, 11) is -3.68. The Hall–Kier alpha value is -1.40. The number of piperidine rings is 1. The van der Waals surface area contributed by atoms with Gasteiger partial charge in [-0.2, -0.15) is 4.72 Å². The van der Waals surface area contributed by atoms with Gasteiger partial charge in [0, 0.05) is 13.1 Å². The molecule has 5 nitrogen and oxygen atoms in total. The van der Waals surface area contributed by atoms with Gasteiger partial charge >= 0.3 is 0 Å². The topological polar surface area (TPSA) is 66.5 Å². The van der Waals surface area contributed by atoms with Crippen LogP contribution in [0.5, 0.6) is 0 Å². The van der Waals surface area contributed by atoms with Gasteiger partial charge in [0.15, 0.2) is 0 Å². The zero-order chi connectivity index (χ0) is 16.3. The van der Waals surface area contributed by atoms with Crippen molar-refractivity contribution in [3.63, 3.8) is 0 Å². The molecule has 0 aromatic heterocycles. The molecule has 1 amide bonds. The Morgan fingerprint density at radius 3 is 2.36 bits per heavy atom. The summed E-state index contributed by atoms with van der Waals surface area (Å²) >= 11 is 0. The van der Waals surface area contributed by atoms with E-state index >= 15 is 0 Å². The lowest BCUT2D eigenvalue weighted by atomic mass is 10.1. The standard InChI is InChI=1S/C16H24N2O3S/c1-12-7-8-15(11-13(12)2)22(20,21)17-14(3)16(19)18-9-5-4-6-10-18/h7-8,11,14,17H,4-6,9-10H2,1-3H3/t14-/m0/s1. The molecule has 1 N–H and O–H groups in total. The average molecular weight is 324 g/mol. The second-order valence-corrected chi connectivity index (χ2v) is 7.69. The number of rotatable bonds is 4. The van der Waals surface area contributed by atoms with E-state index < -0.39 is 16.1 Å². The molecule has 2 rings (SSSR count). The van der Waals surface area contributed by atoms with Gasteiger partial charge in [0.05, 0.1) is 10.9 Å². The number of sulfonamides is 1. The van der Waals surface area contributed by atoms with Gasteiger partial charge in [-0.3, -0.25) is 4.79 Å². The largest absolute Gasteiger partial charge is 0.341 e. The van der Waals surface area contributed by atoms with Crippen LogP contribution in [0.15, 0.2) is 23.1 Å². The molecular weight excluding hydrogens is 300 g/mol. The molecule has 1 aromatic rings. The summed E-state index contributed by atoms with van der Waals surface area (Å²) < 4.78 is 27.3. The fourth-order valence-corrected chi connectivity index (χ4v) is 3.90. The van der Waals surface area contributed by atoms with E-state index in [2.05, 4.69) is 4.72 Å². The molecule has 0 aliphatic carbocycles. The maximum absolute atomic E-state index is 12.4. The van der Waals surface area contributed by atoms with Crippen molar-refractivity contribution in [2.75, 3.05) is 13.1 Å². The Kier molecular flexibility index (Phi) is 5.24. The highest BCUT2D eigenvalue weighted by Crippen LogP contribution is 2.16. The average Bonchev–Trinajstić information content (AvgIpc) is 2.49. The second-order valence-electron chi connectivity index (χ2n) is 5.97. The number of nitrogens with one attached hydrogen (secondary N) is 1. The fraction of sp³-hybridized carbons (Fsp3) is 0.562. The van der Waals surface area contributed by atoms with Crippen molar-refractivity contribution in [3.05, 3.63) is 29.3 Å². The van der Waals surface area contributed by atoms with Crippen LogP contribution in [0.3, 0.4) is 0 Å². The van der Waals surface area contributed by atoms with Gasteiger partial charge in [0.1, 0.15) is 0 Å². The third kappa shape index (κ3) is 3.87. The molecule has 0 spiro atoms. The fourth-order valence-electron chi connectivity index (χ4n) is 2.62. The minimum absolute atomic E-state index is 0.146. The molecule has 0 unspecified atom stereocenters. The molecule has 1 aromatic carbocycles. The van der Waals surface area contributed by atoms with Crippen LogP contribution in [0.4, 0.5) is 0 Å². The molecule has 1 aliphatic rings. The highest BCUT2D eigenvalue weighted by atomic mass is 32.2. The van der Waals surface area contributed by atoms with Crippen molar-refractivity contribution < 1.29 is 13.2 Å². The predicted octanol–water partition coefficient (Wildman–Crippen LogP) is 1.98. The van der Waals surface area contributed by atoms with Crippen LogP contribution in [0, 0.1) is 13.8 Å². The normalized spacial score (nSPS) is 17.3. The van der Waals surface area contributed by atoms with E-state index in [1.807, 2.05) is 13.8 Å². The van der Waals surface area contributed by atoms with E-state index in [0.717, 1.165) is 30.4 Å². The van der Waals surface area contributed by atoms with E-state index in [1.54, 1.807) is 30.0 Å². The number of hydrogen-bond donors (Lipinski definition) is 1. The van der Waals surface area contributed by atoms with Gasteiger partial charge in [-0.05, 0) is 63.3 Å². The number of amides is 1. The summed E-state index contributed by atoms with van der Waals surface area (Å²) in [5.41, 5.74) is 1.95. The Bertz CT molecular complexity index is 649. The maximum atomic E-state index is 12.4. The third-order valence-corrected chi connectivity index (χ3v) is 5.70. The second kappa shape index (κ2) is 6.79. The molecule has 1 aliphatic heterocycles. The van der Waals surface area contributed by atoms with Gasteiger partial charge in [-0.25, -0.2) is 8.42 Å². The van der Waals surface area contributed by atoms with E-state index in [1.165, 1.54) is 0 Å². The number of carbonyl (C=O) groups excluding carboxylic acids is 1. The van der Waals surface area contributed by atoms with Crippen LogP contribution >= 0.6 is 0 Å². The van der Waals surface area contributed by atoms with Gasteiger partial charge < -0.3 is 4.90 Å². The van der Waals surface area contributed by atoms with Crippen molar-refractivity contribution >= 4 is 15.9 Å². The lowest BCUT2D eigenvalue weighted by Crippen LogP contribution is -2.48. The number of carbonyl (C=O) groups is 1. The van der Waals surface area contributed by atoms with Crippen molar-refractivity contribution in [1.29, 1.82) is 0 Å². The number of nitrogens with zero attached hydrogens (tertiary/aromatic N) is 1. The van der Waals surface area contributed by atoms with Crippen molar-refractivity contribution in [2.24, 2.45) is 0 Å². The van der Waals surface area contributed by atoms with Crippen LogP contribution in [0.2, 0.25) is 0 Å². The first-order valence-electron chi connectivity index (χ1n) is 7.69. The molecule has 1 heterocycles. The predicted molar refractivity (Wildman–Crippen MR) is 86.1 cm³/mol. The Morgan fingerprint density at radius 2 is 1.77 bits per heavy atom. The third-order valence-electron chi connectivity index (χ3n) is 4.16. The summed E-state index contributed by atoms with van der Waals surface area (Å²) in [5, 5.41) is 0. The lowest BCUT2D eigenvalue weighted by molar-refractivity contribution is -0.133. The Labute approximate surface area is 132 Å². The Balaban J connectivity index is 2.10. The van der Waals surface area contributed by atoms with E-state index in [4.69, 9.17) is 0 Å². The van der Waals surface area contributed by atoms with Crippen molar-refractivity contribution in [2.45, 2.75) is 51.0 Å². The molecule has 1 saturated heterocycles. The number of hydrogen-bond acceptors (Lipinski definition) is 3.